The van der Waals surface area contributed by atoms with Gasteiger partial charge in [-0.05, 0) is 31.4 Å². The summed E-state index contributed by atoms with van der Waals surface area (Å²) in [7, 11) is 0. The maximum atomic E-state index is 11.9. The van der Waals surface area contributed by atoms with Gasteiger partial charge in [-0.15, -0.1) is 0 Å². The van der Waals surface area contributed by atoms with E-state index in [4.69, 9.17) is 0 Å². The number of anilines is 1. The first-order valence-corrected chi connectivity index (χ1v) is 5.38. The number of hydrogen-bond acceptors (Lipinski definition) is 2. The molecule has 0 aromatic heterocycles. The second-order valence-electron chi connectivity index (χ2n) is 4.39. The molecule has 1 aromatic carbocycles. The summed E-state index contributed by atoms with van der Waals surface area (Å²) >= 11 is 0. The lowest BCUT2D eigenvalue weighted by molar-refractivity contribution is -0.121. The van der Waals surface area contributed by atoms with Gasteiger partial charge in [0.2, 0.25) is 5.91 Å². The first-order valence-electron chi connectivity index (χ1n) is 5.38. The van der Waals surface area contributed by atoms with E-state index in [1.165, 1.54) is 0 Å². The molecule has 2 atom stereocenters. The van der Waals surface area contributed by atoms with E-state index >= 15 is 0 Å². The molecule has 2 fully saturated rings. The fourth-order valence-electron chi connectivity index (χ4n) is 2.77. The Morgan fingerprint density at radius 1 is 1.33 bits per heavy atom. The molecule has 15 heavy (non-hydrogen) atoms. The van der Waals surface area contributed by atoms with E-state index < -0.39 is 0 Å². The molecule has 2 aliphatic rings. The minimum atomic E-state index is 0.225. The van der Waals surface area contributed by atoms with Crippen LogP contribution in [0.5, 0.6) is 5.75 Å². The van der Waals surface area contributed by atoms with Crippen LogP contribution in [0.15, 0.2) is 24.3 Å². The fourth-order valence-corrected chi connectivity index (χ4v) is 2.77. The van der Waals surface area contributed by atoms with Gasteiger partial charge in [-0.1, -0.05) is 6.07 Å². The van der Waals surface area contributed by atoms with E-state index in [0.717, 1.165) is 24.9 Å². The predicted molar refractivity (Wildman–Crippen MR) is 56.7 cm³/mol. The number of piperidine rings is 1. The lowest BCUT2D eigenvalue weighted by Crippen LogP contribution is -2.36. The maximum absolute atomic E-state index is 11.9. The van der Waals surface area contributed by atoms with E-state index in [0.29, 0.717) is 6.04 Å². The normalized spacial score (nSPS) is 28.8. The molecule has 1 heterocycles. The topological polar surface area (TPSA) is 40.5 Å². The second kappa shape index (κ2) is 2.99. The molecule has 0 spiro atoms. The molecule has 2 unspecified atom stereocenters. The molecule has 1 aromatic rings. The Balaban J connectivity index is 1.98. The van der Waals surface area contributed by atoms with Crippen LogP contribution in [0.3, 0.4) is 0 Å². The van der Waals surface area contributed by atoms with Crippen LogP contribution in [0, 0.1) is 5.92 Å². The standard InChI is InChI=1S/C12H13NO2/c14-11-3-1-2-9(7-11)13-10-5-4-8(6-10)12(13)15/h1-3,7-8,10,14H,4-6H2. The molecule has 3 heteroatoms. The number of amides is 1. The predicted octanol–water partition coefficient (Wildman–Crippen LogP) is 1.91. The minimum absolute atomic E-state index is 0.225. The molecule has 78 valence electrons. The Morgan fingerprint density at radius 3 is 2.87 bits per heavy atom. The highest BCUT2D eigenvalue weighted by Gasteiger charge is 2.45. The summed E-state index contributed by atoms with van der Waals surface area (Å²) in [5.41, 5.74) is 0.840. The van der Waals surface area contributed by atoms with Gasteiger partial charge in [-0.2, -0.15) is 0 Å². The summed E-state index contributed by atoms with van der Waals surface area (Å²) < 4.78 is 0. The number of rotatable bonds is 1. The van der Waals surface area contributed by atoms with Gasteiger partial charge in [0.25, 0.3) is 0 Å². The molecule has 0 radical (unpaired) electrons. The van der Waals surface area contributed by atoms with Gasteiger partial charge in [0, 0.05) is 23.7 Å². The van der Waals surface area contributed by atoms with Gasteiger partial charge < -0.3 is 10.0 Å². The van der Waals surface area contributed by atoms with Crippen LogP contribution in [0.2, 0.25) is 0 Å². The molecule has 1 amide bonds. The molecule has 1 saturated heterocycles. The van der Waals surface area contributed by atoms with Crippen LogP contribution in [-0.4, -0.2) is 17.1 Å². The third-order valence-corrected chi connectivity index (χ3v) is 3.46. The molecule has 2 bridgehead atoms. The van der Waals surface area contributed by atoms with Gasteiger partial charge in [-0.3, -0.25) is 4.79 Å². The number of benzene rings is 1. The highest BCUT2D eigenvalue weighted by Crippen LogP contribution is 2.41. The van der Waals surface area contributed by atoms with Gasteiger partial charge in [0.1, 0.15) is 5.75 Å². The number of aromatic hydroxyl groups is 1. The Labute approximate surface area is 88.3 Å². The zero-order valence-corrected chi connectivity index (χ0v) is 8.39. The van der Waals surface area contributed by atoms with Crippen LogP contribution in [0.25, 0.3) is 0 Å². The van der Waals surface area contributed by atoms with Crippen LogP contribution in [0.4, 0.5) is 5.69 Å². The zero-order valence-electron chi connectivity index (χ0n) is 8.39. The molecule has 1 saturated carbocycles. The lowest BCUT2D eigenvalue weighted by atomic mass is 10.1. The number of phenolic OH excluding ortho intramolecular Hbond substituents is 1. The van der Waals surface area contributed by atoms with Crippen LogP contribution in [0.1, 0.15) is 19.3 Å². The summed E-state index contributed by atoms with van der Waals surface area (Å²) in [4.78, 5) is 13.8. The first-order chi connectivity index (χ1) is 7.25. The van der Waals surface area contributed by atoms with Crippen molar-refractivity contribution in [2.45, 2.75) is 25.3 Å². The number of fused-ring (bicyclic) bond motifs is 2. The molecular weight excluding hydrogens is 190 g/mol. The van der Waals surface area contributed by atoms with Crippen molar-refractivity contribution >= 4 is 11.6 Å². The van der Waals surface area contributed by atoms with E-state index in [9.17, 15) is 9.90 Å². The summed E-state index contributed by atoms with van der Waals surface area (Å²) in [6, 6.07) is 7.33. The average Bonchev–Trinajstić information content (AvgIpc) is 2.77. The monoisotopic (exact) mass is 203 g/mol. The fraction of sp³-hybridized carbons (Fsp3) is 0.417. The Kier molecular flexibility index (Phi) is 1.75. The van der Waals surface area contributed by atoms with E-state index in [-0.39, 0.29) is 17.6 Å². The second-order valence-corrected chi connectivity index (χ2v) is 4.39. The number of phenols is 1. The highest BCUT2D eigenvalue weighted by atomic mass is 16.3. The first kappa shape index (κ1) is 8.77. The highest BCUT2D eigenvalue weighted by molar-refractivity contribution is 5.99. The lowest BCUT2D eigenvalue weighted by Gasteiger charge is -2.27. The van der Waals surface area contributed by atoms with Crippen molar-refractivity contribution in [1.82, 2.24) is 0 Å². The number of nitrogens with zero attached hydrogens (tertiary/aromatic N) is 1. The summed E-state index contributed by atoms with van der Waals surface area (Å²) in [5.74, 6) is 0.692. The van der Waals surface area contributed by atoms with Gasteiger partial charge >= 0.3 is 0 Å². The van der Waals surface area contributed by atoms with Crippen molar-refractivity contribution in [3.05, 3.63) is 24.3 Å². The van der Waals surface area contributed by atoms with Crippen LogP contribution < -0.4 is 4.90 Å². The molecule has 3 nitrogen and oxygen atoms in total. The minimum Gasteiger partial charge on any atom is -0.508 e. The third-order valence-electron chi connectivity index (χ3n) is 3.46. The average molecular weight is 203 g/mol. The zero-order chi connectivity index (χ0) is 10.4. The largest absolute Gasteiger partial charge is 0.508 e. The van der Waals surface area contributed by atoms with Crippen molar-refractivity contribution in [2.75, 3.05) is 4.90 Å². The van der Waals surface area contributed by atoms with E-state index in [1.54, 1.807) is 18.2 Å². The van der Waals surface area contributed by atoms with Crippen molar-refractivity contribution in [3.8, 4) is 5.75 Å². The molecule has 3 rings (SSSR count). The number of carbonyl (C=O) groups is 1. The summed E-state index contributed by atoms with van der Waals surface area (Å²) in [5, 5.41) is 9.39. The molecule has 1 aliphatic carbocycles. The molecule has 1 N–H and O–H groups in total. The smallest absolute Gasteiger partial charge is 0.230 e. The van der Waals surface area contributed by atoms with E-state index in [2.05, 4.69) is 0 Å². The third kappa shape index (κ3) is 1.23. The summed E-state index contributed by atoms with van der Waals surface area (Å²) in [6.45, 7) is 0. The van der Waals surface area contributed by atoms with Gasteiger partial charge in [0.05, 0.1) is 0 Å². The number of hydrogen-bond donors (Lipinski definition) is 1. The maximum Gasteiger partial charge on any atom is 0.230 e. The van der Waals surface area contributed by atoms with Gasteiger partial charge in [-0.25, -0.2) is 0 Å². The van der Waals surface area contributed by atoms with Crippen molar-refractivity contribution in [1.29, 1.82) is 0 Å². The summed E-state index contributed by atoms with van der Waals surface area (Å²) in [6.07, 6.45) is 3.14. The Morgan fingerprint density at radius 2 is 2.20 bits per heavy atom. The Bertz CT molecular complexity index is 416. The van der Waals surface area contributed by atoms with Crippen molar-refractivity contribution in [3.63, 3.8) is 0 Å². The van der Waals surface area contributed by atoms with Crippen molar-refractivity contribution in [2.24, 2.45) is 5.92 Å². The van der Waals surface area contributed by atoms with Crippen LogP contribution in [-0.2, 0) is 4.79 Å². The number of carbonyl (C=O) groups excluding carboxylic acids is 1. The SMILES string of the molecule is O=C1C2CCC(C2)N1c1cccc(O)c1. The quantitative estimate of drug-likeness (QED) is 0.757. The van der Waals surface area contributed by atoms with Crippen LogP contribution >= 0.6 is 0 Å². The Hall–Kier alpha value is -1.51. The van der Waals surface area contributed by atoms with Crippen molar-refractivity contribution < 1.29 is 9.90 Å². The van der Waals surface area contributed by atoms with E-state index in [1.807, 2.05) is 11.0 Å². The molecule has 1 aliphatic heterocycles. The molecular formula is C12H13NO2. The van der Waals surface area contributed by atoms with Gasteiger partial charge in [0.15, 0.2) is 0 Å².